The summed E-state index contributed by atoms with van der Waals surface area (Å²) < 4.78 is 5.22. The van der Waals surface area contributed by atoms with Crippen molar-refractivity contribution in [1.82, 2.24) is 10.6 Å². The van der Waals surface area contributed by atoms with Crippen molar-refractivity contribution in [2.24, 2.45) is 0 Å². The maximum Gasteiger partial charge on any atom is 0.338 e. The third-order valence-corrected chi connectivity index (χ3v) is 3.08. The van der Waals surface area contributed by atoms with E-state index in [0.29, 0.717) is 11.3 Å². The lowest BCUT2D eigenvalue weighted by Gasteiger charge is -2.28. The SMILES string of the molecule is CC1=C(C(=O)OC(C)C)[C@H](c2ccccc2O)NC(=O)N1. The summed E-state index contributed by atoms with van der Waals surface area (Å²) in [7, 11) is 0. The Bertz CT molecular complexity index is 607. The van der Waals surface area contributed by atoms with Crippen LogP contribution in [-0.4, -0.2) is 23.2 Å². The largest absolute Gasteiger partial charge is 0.508 e. The number of esters is 1. The van der Waals surface area contributed by atoms with Gasteiger partial charge in [0, 0.05) is 11.3 Å². The maximum atomic E-state index is 12.3. The molecule has 1 aromatic carbocycles. The second kappa shape index (κ2) is 5.87. The lowest BCUT2D eigenvalue weighted by molar-refractivity contribution is -0.143. The van der Waals surface area contributed by atoms with Crippen LogP contribution >= 0.6 is 0 Å². The van der Waals surface area contributed by atoms with Gasteiger partial charge < -0.3 is 20.5 Å². The molecule has 6 heteroatoms. The summed E-state index contributed by atoms with van der Waals surface area (Å²) >= 11 is 0. The van der Waals surface area contributed by atoms with E-state index >= 15 is 0 Å². The lowest BCUT2D eigenvalue weighted by Crippen LogP contribution is -2.45. The number of urea groups is 1. The maximum absolute atomic E-state index is 12.3. The standard InChI is InChI=1S/C15H18N2O4/c1-8(2)21-14(19)12-9(3)16-15(20)17-13(12)10-6-4-5-7-11(10)18/h4-8,13,18H,1-3H3,(H2,16,17,20)/t13-/m0/s1. The Labute approximate surface area is 122 Å². The molecule has 112 valence electrons. The van der Waals surface area contributed by atoms with E-state index in [4.69, 9.17) is 4.74 Å². The summed E-state index contributed by atoms with van der Waals surface area (Å²) in [5, 5.41) is 15.2. The fourth-order valence-corrected chi connectivity index (χ4v) is 2.21. The van der Waals surface area contributed by atoms with Gasteiger partial charge in [-0.25, -0.2) is 9.59 Å². The molecule has 21 heavy (non-hydrogen) atoms. The number of nitrogens with one attached hydrogen (secondary N) is 2. The van der Waals surface area contributed by atoms with Gasteiger partial charge in [0.05, 0.1) is 17.7 Å². The van der Waals surface area contributed by atoms with E-state index in [0.717, 1.165) is 0 Å². The van der Waals surface area contributed by atoms with Crippen molar-refractivity contribution in [3.8, 4) is 5.75 Å². The summed E-state index contributed by atoms with van der Waals surface area (Å²) in [6.07, 6.45) is -0.277. The number of allylic oxidation sites excluding steroid dienone is 1. The van der Waals surface area contributed by atoms with Crippen LogP contribution in [0.1, 0.15) is 32.4 Å². The van der Waals surface area contributed by atoms with E-state index in [1.807, 2.05) is 0 Å². The Morgan fingerprint density at radius 1 is 1.33 bits per heavy atom. The van der Waals surface area contributed by atoms with Gasteiger partial charge in [-0.15, -0.1) is 0 Å². The molecule has 0 aliphatic carbocycles. The normalized spacial score (nSPS) is 18.3. The number of carbonyl (C=O) groups excluding carboxylic acids is 2. The van der Waals surface area contributed by atoms with Gasteiger partial charge in [-0.05, 0) is 26.8 Å². The van der Waals surface area contributed by atoms with E-state index in [9.17, 15) is 14.7 Å². The van der Waals surface area contributed by atoms with Crippen molar-refractivity contribution in [3.63, 3.8) is 0 Å². The quantitative estimate of drug-likeness (QED) is 0.743. The number of rotatable bonds is 3. The van der Waals surface area contributed by atoms with Crippen molar-refractivity contribution < 1.29 is 19.4 Å². The fourth-order valence-electron chi connectivity index (χ4n) is 2.21. The first-order valence-electron chi connectivity index (χ1n) is 6.67. The van der Waals surface area contributed by atoms with Crippen LogP contribution in [0.25, 0.3) is 0 Å². The number of hydrogen-bond donors (Lipinski definition) is 3. The lowest BCUT2D eigenvalue weighted by atomic mass is 9.95. The van der Waals surface area contributed by atoms with Crippen LogP contribution in [0.4, 0.5) is 4.79 Å². The molecule has 0 unspecified atom stereocenters. The van der Waals surface area contributed by atoms with Crippen LogP contribution in [0.2, 0.25) is 0 Å². The molecule has 0 fully saturated rings. The van der Waals surface area contributed by atoms with Crippen molar-refractivity contribution in [2.45, 2.75) is 32.9 Å². The fraction of sp³-hybridized carbons (Fsp3) is 0.333. The van der Waals surface area contributed by atoms with Gasteiger partial charge in [-0.3, -0.25) is 0 Å². The third kappa shape index (κ3) is 3.16. The smallest absolute Gasteiger partial charge is 0.338 e. The van der Waals surface area contributed by atoms with Crippen molar-refractivity contribution in [3.05, 3.63) is 41.1 Å². The molecular weight excluding hydrogens is 272 g/mol. The second-order valence-electron chi connectivity index (χ2n) is 5.08. The number of carbonyl (C=O) groups is 2. The van der Waals surface area contributed by atoms with Crippen LogP contribution in [0, 0.1) is 0 Å². The van der Waals surface area contributed by atoms with Gasteiger partial charge in [0.15, 0.2) is 0 Å². The average molecular weight is 290 g/mol. The number of phenols is 1. The molecule has 1 aliphatic heterocycles. The number of aromatic hydroxyl groups is 1. The van der Waals surface area contributed by atoms with Crippen LogP contribution in [0.3, 0.4) is 0 Å². The number of para-hydroxylation sites is 1. The number of hydrogen-bond acceptors (Lipinski definition) is 4. The first-order chi connectivity index (χ1) is 9.90. The first kappa shape index (κ1) is 14.9. The molecule has 1 heterocycles. The Morgan fingerprint density at radius 3 is 2.62 bits per heavy atom. The van der Waals surface area contributed by atoms with E-state index in [1.54, 1.807) is 39.0 Å². The molecule has 2 rings (SSSR count). The molecule has 0 saturated carbocycles. The van der Waals surface area contributed by atoms with E-state index in [1.165, 1.54) is 6.07 Å². The highest BCUT2D eigenvalue weighted by atomic mass is 16.5. The number of ether oxygens (including phenoxy) is 1. The third-order valence-electron chi connectivity index (χ3n) is 3.08. The molecular formula is C15H18N2O4. The highest BCUT2D eigenvalue weighted by molar-refractivity contribution is 5.95. The zero-order chi connectivity index (χ0) is 15.6. The highest BCUT2D eigenvalue weighted by Crippen LogP contribution is 2.32. The Kier molecular flexibility index (Phi) is 4.16. The van der Waals surface area contributed by atoms with E-state index < -0.39 is 18.0 Å². The second-order valence-corrected chi connectivity index (χ2v) is 5.08. The minimum atomic E-state index is -0.744. The average Bonchev–Trinajstić information content (AvgIpc) is 2.37. The van der Waals surface area contributed by atoms with Crippen molar-refractivity contribution in [2.75, 3.05) is 0 Å². The summed E-state index contributed by atoms with van der Waals surface area (Å²) in [5.41, 5.74) is 1.14. The van der Waals surface area contributed by atoms with Crippen LogP contribution in [-0.2, 0) is 9.53 Å². The Balaban J connectivity index is 2.46. The minimum absolute atomic E-state index is 0.00680. The number of amides is 2. The molecule has 0 spiro atoms. The van der Waals surface area contributed by atoms with Crippen molar-refractivity contribution in [1.29, 1.82) is 0 Å². The topological polar surface area (TPSA) is 87.7 Å². The molecule has 0 bridgehead atoms. The molecule has 1 aromatic rings. The molecule has 6 nitrogen and oxygen atoms in total. The Hall–Kier alpha value is -2.50. The minimum Gasteiger partial charge on any atom is -0.508 e. The Morgan fingerprint density at radius 2 is 2.00 bits per heavy atom. The molecule has 1 atom stereocenters. The van der Waals surface area contributed by atoms with Gasteiger partial charge in [-0.1, -0.05) is 18.2 Å². The zero-order valence-electron chi connectivity index (χ0n) is 12.1. The summed E-state index contributed by atoms with van der Waals surface area (Å²) in [6.45, 7) is 5.12. The predicted octanol–water partition coefficient (Wildman–Crippen LogP) is 1.97. The molecule has 3 N–H and O–H groups in total. The summed E-state index contributed by atoms with van der Waals surface area (Å²) in [5.74, 6) is -0.518. The van der Waals surface area contributed by atoms with Crippen LogP contribution < -0.4 is 10.6 Å². The van der Waals surface area contributed by atoms with Gasteiger partial charge in [0.2, 0.25) is 0 Å². The van der Waals surface area contributed by atoms with Gasteiger partial charge >= 0.3 is 12.0 Å². The summed E-state index contributed by atoms with van der Waals surface area (Å²) in [6, 6.07) is 5.38. The highest BCUT2D eigenvalue weighted by Gasteiger charge is 2.33. The van der Waals surface area contributed by atoms with Crippen molar-refractivity contribution >= 4 is 12.0 Å². The monoisotopic (exact) mass is 290 g/mol. The zero-order valence-corrected chi connectivity index (χ0v) is 12.1. The first-order valence-corrected chi connectivity index (χ1v) is 6.67. The van der Waals surface area contributed by atoms with E-state index in [2.05, 4.69) is 10.6 Å². The van der Waals surface area contributed by atoms with Gasteiger partial charge in [-0.2, -0.15) is 0 Å². The van der Waals surface area contributed by atoms with Gasteiger partial charge in [0.25, 0.3) is 0 Å². The number of benzene rings is 1. The predicted molar refractivity (Wildman–Crippen MR) is 76.4 cm³/mol. The van der Waals surface area contributed by atoms with Crippen LogP contribution in [0.15, 0.2) is 35.5 Å². The summed E-state index contributed by atoms with van der Waals surface area (Å²) in [4.78, 5) is 23.9. The molecule has 0 saturated heterocycles. The number of phenolic OH excluding ortho intramolecular Hbond substituents is 1. The molecule has 2 amide bonds. The van der Waals surface area contributed by atoms with Crippen LogP contribution in [0.5, 0.6) is 5.75 Å². The molecule has 1 aliphatic rings. The molecule has 0 aromatic heterocycles. The van der Waals surface area contributed by atoms with E-state index in [-0.39, 0.29) is 17.4 Å². The van der Waals surface area contributed by atoms with Gasteiger partial charge in [0.1, 0.15) is 5.75 Å². The molecule has 0 radical (unpaired) electrons.